The first-order valence-electron chi connectivity index (χ1n) is 8.36. The SMILES string of the molecule is O=c1c2ccccc2n(-c2ccc(Cl)cc2)n2c(=O)c3ccccc3nc12. The van der Waals surface area contributed by atoms with Crippen LogP contribution in [-0.2, 0) is 0 Å². The first-order chi connectivity index (χ1) is 13.1. The van der Waals surface area contributed by atoms with E-state index in [2.05, 4.69) is 4.98 Å². The summed E-state index contributed by atoms with van der Waals surface area (Å²) in [6, 6.07) is 21.3. The van der Waals surface area contributed by atoms with Crippen LogP contribution in [-0.4, -0.2) is 14.2 Å². The van der Waals surface area contributed by atoms with E-state index < -0.39 is 0 Å². The van der Waals surface area contributed by atoms with E-state index in [-0.39, 0.29) is 16.6 Å². The lowest BCUT2D eigenvalue weighted by Crippen LogP contribution is -2.29. The fourth-order valence-corrected chi connectivity index (χ4v) is 3.50. The molecule has 27 heavy (non-hydrogen) atoms. The summed E-state index contributed by atoms with van der Waals surface area (Å²) in [5.74, 6) is 0. The molecule has 130 valence electrons. The summed E-state index contributed by atoms with van der Waals surface area (Å²) in [4.78, 5) is 30.8. The smallest absolute Gasteiger partial charge is 0.281 e. The molecule has 0 aliphatic heterocycles. The highest BCUT2D eigenvalue weighted by molar-refractivity contribution is 6.30. The van der Waals surface area contributed by atoms with E-state index in [9.17, 15) is 9.59 Å². The van der Waals surface area contributed by atoms with Crippen molar-refractivity contribution in [3.05, 3.63) is 98.4 Å². The highest BCUT2D eigenvalue weighted by Gasteiger charge is 2.16. The van der Waals surface area contributed by atoms with Gasteiger partial charge in [-0.05, 0) is 48.5 Å². The van der Waals surface area contributed by atoms with Crippen LogP contribution < -0.4 is 11.0 Å². The number of fused-ring (bicyclic) bond motifs is 3. The molecule has 0 radical (unpaired) electrons. The Bertz CT molecular complexity index is 1470. The van der Waals surface area contributed by atoms with Gasteiger partial charge in [-0.25, -0.2) is 9.67 Å². The monoisotopic (exact) mass is 373 g/mol. The Morgan fingerprint density at radius 1 is 0.778 bits per heavy atom. The topological polar surface area (TPSA) is 56.4 Å². The Morgan fingerprint density at radius 3 is 2.22 bits per heavy atom. The standard InChI is InChI=1S/C21H12ClN3O2/c22-13-9-11-14(12-10-13)24-18-8-4-2-6-16(18)19(26)20-23-17-7-3-1-5-15(17)21(27)25(20)24/h1-12H. The molecule has 0 spiro atoms. The van der Waals surface area contributed by atoms with Crippen molar-refractivity contribution in [2.75, 3.05) is 0 Å². The number of aromatic nitrogens is 3. The minimum Gasteiger partial charge on any atom is -0.285 e. The molecule has 0 unspecified atom stereocenters. The van der Waals surface area contributed by atoms with E-state index in [1.807, 2.05) is 12.1 Å². The van der Waals surface area contributed by atoms with Crippen LogP contribution in [0.25, 0.3) is 33.1 Å². The molecule has 0 amide bonds. The van der Waals surface area contributed by atoms with Crippen molar-refractivity contribution in [3.63, 3.8) is 0 Å². The molecule has 0 saturated heterocycles. The van der Waals surface area contributed by atoms with Gasteiger partial charge in [0.15, 0.2) is 0 Å². The first-order valence-corrected chi connectivity index (χ1v) is 8.74. The zero-order valence-electron chi connectivity index (χ0n) is 14.0. The first kappa shape index (κ1) is 15.8. The van der Waals surface area contributed by atoms with Crippen LogP contribution in [0.15, 0.2) is 82.4 Å². The predicted octanol–water partition coefficient (Wildman–Crippen LogP) is 3.81. The molecule has 0 aliphatic carbocycles. The highest BCUT2D eigenvalue weighted by atomic mass is 35.5. The van der Waals surface area contributed by atoms with Gasteiger partial charge in [-0.2, -0.15) is 4.52 Å². The van der Waals surface area contributed by atoms with Crippen molar-refractivity contribution in [1.82, 2.24) is 14.2 Å². The molecule has 5 nitrogen and oxygen atoms in total. The average Bonchev–Trinajstić information content (AvgIpc) is 2.70. The number of rotatable bonds is 1. The molecule has 2 aromatic heterocycles. The second kappa shape index (κ2) is 5.79. The third-order valence-electron chi connectivity index (χ3n) is 4.60. The van der Waals surface area contributed by atoms with E-state index in [0.29, 0.717) is 32.5 Å². The van der Waals surface area contributed by atoms with Crippen LogP contribution in [0.4, 0.5) is 0 Å². The largest absolute Gasteiger partial charge is 0.285 e. The van der Waals surface area contributed by atoms with Gasteiger partial charge in [0.2, 0.25) is 11.1 Å². The Kier molecular flexibility index (Phi) is 3.39. The van der Waals surface area contributed by atoms with Gasteiger partial charge in [0.25, 0.3) is 5.56 Å². The number of para-hydroxylation sites is 2. The van der Waals surface area contributed by atoms with Gasteiger partial charge in [0.1, 0.15) is 0 Å². The number of hydrogen-bond donors (Lipinski definition) is 0. The number of nitrogens with zero attached hydrogens (tertiary/aromatic N) is 3. The molecule has 0 fully saturated rings. The van der Waals surface area contributed by atoms with Gasteiger partial charge in [0.05, 0.1) is 27.5 Å². The highest BCUT2D eigenvalue weighted by Crippen LogP contribution is 2.19. The van der Waals surface area contributed by atoms with E-state index in [0.717, 1.165) is 0 Å². The average molecular weight is 374 g/mol. The Hall–Kier alpha value is -3.44. The second-order valence-electron chi connectivity index (χ2n) is 6.20. The quantitative estimate of drug-likeness (QED) is 0.420. The van der Waals surface area contributed by atoms with Crippen molar-refractivity contribution < 1.29 is 0 Å². The molecule has 6 heteroatoms. The van der Waals surface area contributed by atoms with Gasteiger partial charge < -0.3 is 0 Å². The molecule has 0 saturated carbocycles. The molecule has 2 heterocycles. The van der Waals surface area contributed by atoms with Crippen molar-refractivity contribution in [2.24, 2.45) is 0 Å². The van der Waals surface area contributed by atoms with Crippen LogP contribution in [0.1, 0.15) is 0 Å². The van der Waals surface area contributed by atoms with E-state index in [1.54, 1.807) is 65.3 Å². The lowest BCUT2D eigenvalue weighted by molar-refractivity contribution is 0.772. The lowest BCUT2D eigenvalue weighted by Gasteiger charge is -2.16. The second-order valence-corrected chi connectivity index (χ2v) is 6.64. The van der Waals surface area contributed by atoms with E-state index >= 15 is 0 Å². The van der Waals surface area contributed by atoms with Crippen molar-refractivity contribution in [3.8, 4) is 5.69 Å². The maximum atomic E-state index is 13.3. The summed E-state index contributed by atoms with van der Waals surface area (Å²) in [6.07, 6.45) is 0. The summed E-state index contributed by atoms with van der Waals surface area (Å²) < 4.78 is 3.06. The maximum absolute atomic E-state index is 13.3. The molecule has 0 atom stereocenters. The van der Waals surface area contributed by atoms with E-state index in [4.69, 9.17) is 11.6 Å². The molecule has 0 N–H and O–H groups in total. The molecule has 0 aliphatic rings. The predicted molar refractivity (Wildman–Crippen MR) is 107 cm³/mol. The molecule has 3 aromatic carbocycles. The van der Waals surface area contributed by atoms with Gasteiger partial charge in [-0.15, -0.1) is 0 Å². The van der Waals surface area contributed by atoms with Crippen LogP contribution in [0, 0.1) is 0 Å². The summed E-state index contributed by atoms with van der Waals surface area (Å²) in [7, 11) is 0. The fourth-order valence-electron chi connectivity index (χ4n) is 3.37. The van der Waals surface area contributed by atoms with Gasteiger partial charge >= 0.3 is 0 Å². The Labute approximate surface area is 157 Å². The minimum atomic E-state index is -0.298. The van der Waals surface area contributed by atoms with Gasteiger partial charge in [-0.1, -0.05) is 35.9 Å². The third-order valence-corrected chi connectivity index (χ3v) is 4.86. The minimum absolute atomic E-state index is 0.0901. The lowest BCUT2D eigenvalue weighted by atomic mass is 10.2. The molecular weight excluding hydrogens is 362 g/mol. The van der Waals surface area contributed by atoms with Crippen molar-refractivity contribution in [2.45, 2.75) is 0 Å². The fraction of sp³-hybridized carbons (Fsp3) is 0. The van der Waals surface area contributed by atoms with Crippen LogP contribution >= 0.6 is 11.6 Å². The maximum Gasteiger partial charge on any atom is 0.281 e. The Morgan fingerprint density at radius 2 is 1.44 bits per heavy atom. The van der Waals surface area contributed by atoms with Crippen LogP contribution in [0.2, 0.25) is 5.02 Å². The normalized spacial score (nSPS) is 11.4. The van der Waals surface area contributed by atoms with Crippen LogP contribution in [0.3, 0.4) is 0 Å². The van der Waals surface area contributed by atoms with Gasteiger partial charge in [0, 0.05) is 5.02 Å². The molecule has 5 aromatic rings. The van der Waals surface area contributed by atoms with Crippen molar-refractivity contribution >= 4 is 39.1 Å². The molecule has 5 rings (SSSR count). The number of hydrogen-bond acceptors (Lipinski definition) is 3. The summed E-state index contributed by atoms with van der Waals surface area (Å²) >= 11 is 6.03. The Balaban J connectivity index is 2.12. The summed E-state index contributed by atoms with van der Waals surface area (Å²) in [5, 5.41) is 1.53. The molecule has 0 bridgehead atoms. The number of benzene rings is 3. The third kappa shape index (κ3) is 2.29. The zero-order valence-corrected chi connectivity index (χ0v) is 14.7. The summed E-state index contributed by atoms with van der Waals surface area (Å²) in [6.45, 7) is 0. The van der Waals surface area contributed by atoms with Crippen molar-refractivity contribution in [1.29, 1.82) is 0 Å². The summed E-state index contributed by atoms with van der Waals surface area (Å²) in [5.41, 5.74) is 1.34. The van der Waals surface area contributed by atoms with Crippen LogP contribution in [0.5, 0.6) is 0 Å². The zero-order chi connectivity index (χ0) is 18.5. The molecular formula is C21H12ClN3O2. The number of halogens is 1. The van der Waals surface area contributed by atoms with E-state index in [1.165, 1.54) is 4.52 Å². The van der Waals surface area contributed by atoms with Gasteiger partial charge in [-0.3, -0.25) is 9.59 Å².